The monoisotopic (exact) mass is 326 g/mol. The zero-order valence-corrected chi connectivity index (χ0v) is 16.5. The first-order valence-electron chi connectivity index (χ1n) is 11.0. The van der Waals surface area contributed by atoms with Crippen molar-refractivity contribution < 1.29 is 5.11 Å². The highest BCUT2D eigenvalue weighted by Gasteiger charge is 2.06. The van der Waals surface area contributed by atoms with Crippen molar-refractivity contribution in [2.24, 2.45) is 5.92 Å². The smallest absolute Gasteiger partial charge is 0.0459 e. The van der Waals surface area contributed by atoms with E-state index >= 15 is 0 Å². The Hall–Kier alpha value is -0.0400. The second kappa shape index (κ2) is 20.0. The molecule has 140 valence electrons. The zero-order chi connectivity index (χ0) is 17.0. The van der Waals surface area contributed by atoms with Crippen molar-refractivity contribution in [3.63, 3.8) is 0 Å². The Morgan fingerprint density at radius 3 is 1.09 bits per heavy atom. The van der Waals surface area contributed by atoms with Crippen LogP contribution in [0.25, 0.3) is 0 Å². The number of aliphatic hydroxyl groups is 1. The molecule has 0 heterocycles. The summed E-state index contributed by atoms with van der Waals surface area (Å²) in [7, 11) is 0. The maximum atomic E-state index is 9.51. The molecule has 0 aliphatic heterocycles. The van der Waals surface area contributed by atoms with Gasteiger partial charge in [-0.2, -0.15) is 0 Å². The third kappa shape index (κ3) is 18.1. The first-order valence-corrected chi connectivity index (χ1v) is 11.0. The first-order chi connectivity index (χ1) is 11.3. The van der Waals surface area contributed by atoms with Crippen LogP contribution >= 0.6 is 0 Å². The predicted molar refractivity (Wildman–Crippen MR) is 105 cm³/mol. The highest BCUT2D eigenvalue weighted by atomic mass is 16.3. The average Bonchev–Trinajstić information content (AvgIpc) is 2.57. The molecule has 0 radical (unpaired) electrons. The minimum atomic E-state index is 0.409. The summed E-state index contributed by atoms with van der Waals surface area (Å²) >= 11 is 0. The largest absolute Gasteiger partial charge is 0.396 e. The molecular weight excluding hydrogens is 280 g/mol. The van der Waals surface area contributed by atoms with Crippen LogP contribution in [0.5, 0.6) is 0 Å². The molecule has 0 amide bonds. The quantitative estimate of drug-likeness (QED) is 0.242. The normalized spacial score (nSPS) is 12.7. The van der Waals surface area contributed by atoms with Crippen LogP contribution in [0, 0.1) is 5.92 Å². The van der Waals surface area contributed by atoms with Gasteiger partial charge >= 0.3 is 0 Å². The summed E-state index contributed by atoms with van der Waals surface area (Å²) < 4.78 is 0. The van der Waals surface area contributed by atoms with Gasteiger partial charge in [-0.1, -0.05) is 117 Å². The van der Waals surface area contributed by atoms with Gasteiger partial charge in [0.1, 0.15) is 0 Å². The second-order valence-corrected chi connectivity index (χ2v) is 7.58. The van der Waals surface area contributed by atoms with Crippen molar-refractivity contribution in [3.05, 3.63) is 0 Å². The molecule has 1 N–H and O–H groups in total. The third-order valence-corrected chi connectivity index (χ3v) is 5.19. The van der Waals surface area contributed by atoms with E-state index in [1.54, 1.807) is 0 Å². The van der Waals surface area contributed by atoms with E-state index in [9.17, 15) is 5.11 Å². The van der Waals surface area contributed by atoms with Crippen LogP contribution in [0.1, 0.15) is 129 Å². The van der Waals surface area contributed by atoms with Gasteiger partial charge in [0.05, 0.1) is 0 Å². The van der Waals surface area contributed by atoms with Gasteiger partial charge in [-0.15, -0.1) is 0 Å². The lowest BCUT2D eigenvalue weighted by Crippen LogP contribution is -2.06. The molecule has 0 aromatic rings. The molecule has 0 aliphatic carbocycles. The molecule has 0 aromatic heterocycles. The Bertz CT molecular complexity index is 202. The lowest BCUT2D eigenvalue weighted by Gasteiger charge is -2.13. The van der Waals surface area contributed by atoms with Crippen molar-refractivity contribution in [2.45, 2.75) is 129 Å². The molecule has 1 heteroatoms. The molecule has 1 atom stereocenters. The Kier molecular flexibility index (Phi) is 20.0. The fraction of sp³-hybridized carbons (Fsp3) is 1.00. The van der Waals surface area contributed by atoms with E-state index in [4.69, 9.17) is 0 Å². The van der Waals surface area contributed by atoms with Gasteiger partial charge in [0.25, 0.3) is 0 Å². The van der Waals surface area contributed by atoms with E-state index in [2.05, 4.69) is 13.8 Å². The Labute approximate surface area is 147 Å². The highest BCUT2D eigenvalue weighted by molar-refractivity contribution is 4.59. The van der Waals surface area contributed by atoms with Gasteiger partial charge in [0.2, 0.25) is 0 Å². The van der Waals surface area contributed by atoms with Crippen LogP contribution in [0.15, 0.2) is 0 Å². The molecule has 1 nitrogen and oxygen atoms in total. The fourth-order valence-electron chi connectivity index (χ4n) is 3.46. The van der Waals surface area contributed by atoms with Gasteiger partial charge in [-0.05, 0) is 18.8 Å². The fourth-order valence-corrected chi connectivity index (χ4v) is 3.46. The first kappa shape index (κ1) is 23.0. The molecule has 0 aliphatic rings. The summed E-state index contributed by atoms with van der Waals surface area (Å²) in [5.41, 5.74) is 0. The Morgan fingerprint density at radius 1 is 0.478 bits per heavy atom. The second-order valence-electron chi connectivity index (χ2n) is 7.58. The maximum Gasteiger partial charge on any atom is 0.0459 e. The summed E-state index contributed by atoms with van der Waals surface area (Å²) in [5.74, 6) is 0.579. The molecule has 0 unspecified atom stereocenters. The molecule has 0 rings (SSSR count). The lowest BCUT2D eigenvalue weighted by atomic mass is 9.95. The van der Waals surface area contributed by atoms with E-state index in [-0.39, 0.29) is 0 Å². The lowest BCUT2D eigenvalue weighted by molar-refractivity contribution is 0.204. The van der Waals surface area contributed by atoms with E-state index in [0.717, 1.165) is 0 Å². The molecule has 0 bridgehead atoms. The average molecular weight is 327 g/mol. The third-order valence-electron chi connectivity index (χ3n) is 5.19. The standard InChI is InChI=1S/C22H46O/c1-3-5-7-9-11-12-13-14-16-18-20-22(21-23)19-17-15-10-8-6-4-2/h22-23H,3-21H2,1-2H3/t22-/m0/s1. The van der Waals surface area contributed by atoms with Gasteiger partial charge in [-0.3, -0.25) is 0 Å². The van der Waals surface area contributed by atoms with Crippen LogP contribution in [-0.4, -0.2) is 11.7 Å². The maximum absolute atomic E-state index is 9.51. The molecule has 0 fully saturated rings. The summed E-state index contributed by atoms with van der Waals surface area (Å²) in [4.78, 5) is 0. The van der Waals surface area contributed by atoms with Crippen LogP contribution in [0.3, 0.4) is 0 Å². The summed E-state index contributed by atoms with van der Waals surface area (Å²) in [6.45, 7) is 4.97. The topological polar surface area (TPSA) is 20.2 Å². The number of rotatable bonds is 19. The van der Waals surface area contributed by atoms with E-state index in [0.29, 0.717) is 12.5 Å². The molecular formula is C22H46O. The van der Waals surface area contributed by atoms with Crippen LogP contribution in [0.4, 0.5) is 0 Å². The molecule has 0 aromatic carbocycles. The summed E-state index contributed by atoms with van der Waals surface area (Å²) in [5, 5.41) is 9.51. The number of unbranched alkanes of at least 4 members (excludes halogenated alkanes) is 14. The van der Waals surface area contributed by atoms with Gasteiger partial charge in [0.15, 0.2) is 0 Å². The minimum absolute atomic E-state index is 0.409. The van der Waals surface area contributed by atoms with E-state index in [1.807, 2.05) is 0 Å². The predicted octanol–water partition coefficient (Wildman–Crippen LogP) is 7.66. The van der Waals surface area contributed by atoms with Crippen molar-refractivity contribution in [2.75, 3.05) is 6.61 Å². The van der Waals surface area contributed by atoms with Gasteiger partial charge < -0.3 is 5.11 Å². The summed E-state index contributed by atoms with van der Waals surface area (Å²) in [6.07, 6.45) is 24.8. The Morgan fingerprint density at radius 2 is 0.783 bits per heavy atom. The van der Waals surface area contributed by atoms with Gasteiger partial charge in [0, 0.05) is 6.61 Å². The zero-order valence-electron chi connectivity index (χ0n) is 16.5. The number of aliphatic hydroxyl groups excluding tert-OH is 1. The minimum Gasteiger partial charge on any atom is -0.396 e. The number of hydrogen-bond acceptors (Lipinski definition) is 1. The van der Waals surface area contributed by atoms with Crippen molar-refractivity contribution in [1.29, 1.82) is 0 Å². The summed E-state index contributed by atoms with van der Waals surface area (Å²) in [6, 6.07) is 0. The highest BCUT2D eigenvalue weighted by Crippen LogP contribution is 2.19. The molecule has 0 saturated heterocycles. The SMILES string of the molecule is CCCCCCCCCCCC[C@@H](CO)CCCCCCCC. The van der Waals surface area contributed by atoms with Crippen molar-refractivity contribution >= 4 is 0 Å². The molecule has 0 spiro atoms. The number of hydrogen-bond donors (Lipinski definition) is 1. The van der Waals surface area contributed by atoms with Crippen molar-refractivity contribution in [3.8, 4) is 0 Å². The van der Waals surface area contributed by atoms with Crippen LogP contribution in [-0.2, 0) is 0 Å². The van der Waals surface area contributed by atoms with E-state index in [1.165, 1.54) is 116 Å². The molecule has 23 heavy (non-hydrogen) atoms. The van der Waals surface area contributed by atoms with Gasteiger partial charge in [-0.25, -0.2) is 0 Å². The van der Waals surface area contributed by atoms with Crippen LogP contribution < -0.4 is 0 Å². The Balaban J connectivity index is 3.26. The van der Waals surface area contributed by atoms with Crippen LogP contribution in [0.2, 0.25) is 0 Å². The van der Waals surface area contributed by atoms with E-state index < -0.39 is 0 Å². The van der Waals surface area contributed by atoms with Crippen molar-refractivity contribution in [1.82, 2.24) is 0 Å². The molecule has 0 saturated carbocycles.